The van der Waals surface area contributed by atoms with E-state index >= 15 is 0 Å². The first-order valence-corrected chi connectivity index (χ1v) is 14.4. The molecule has 0 bridgehead atoms. The van der Waals surface area contributed by atoms with Crippen molar-refractivity contribution >= 4 is 12.6 Å². The highest BCUT2D eigenvalue weighted by Gasteiger charge is 2.31. The van der Waals surface area contributed by atoms with Crippen molar-refractivity contribution in [3.63, 3.8) is 0 Å². The molecular weight excluding hydrogens is 424 g/mol. The second kappa shape index (κ2) is 15.2. The molecule has 0 aromatic heterocycles. The van der Waals surface area contributed by atoms with Crippen LogP contribution in [0.5, 0.6) is 11.5 Å². The molecule has 0 amide bonds. The quantitative estimate of drug-likeness (QED) is 0.422. The van der Waals surface area contributed by atoms with Crippen LogP contribution in [0.4, 0.5) is 0 Å². The summed E-state index contributed by atoms with van der Waals surface area (Å²) in [5.41, 5.74) is 2.78. The Hall–Kier alpha value is -0.830. The number of thiol groups is 1. The number of phenols is 1. The maximum absolute atomic E-state index is 10.2. The zero-order chi connectivity index (χ0) is 25.0. The lowest BCUT2D eigenvalue weighted by Crippen LogP contribution is -2.27. The van der Waals surface area contributed by atoms with Crippen LogP contribution in [0.15, 0.2) is 12.1 Å². The van der Waals surface area contributed by atoms with E-state index in [4.69, 9.17) is 4.74 Å². The molecule has 3 aliphatic carbocycles. The lowest BCUT2D eigenvalue weighted by Gasteiger charge is -2.37. The van der Waals surface area contributed by atoms with Gasteiger partial charge in [0.2, 0.25) is 0 Å². The Morgan fingerprint density at radius 1 is 0.848 bits per heavy atom. The maximum atomic E-state index is 10.2. The number of ether oxygens (including phenoxy) is 1. The summed E-state index contributed by atoms with van der Waals surface area (Å²) in [6.45, 7) is 17.3. The Balaban J connectivity index is 0.000000517. The second-order valence-electron chi connectivity index (χ2n) is 10.7. The van der Waals surface area contributed by atoms with E-state index in [1.54, 1.807) is 0 Å². The van der Waals surface area contributed by atoms with Gasteiger partial charge in [-0.2, -0.15) is 12.6 Å². The highest BCUT2D eigenvalue weighted by Crippen LogP contribution is 2.43. The van der Waals surface area contributed by atoms with Gasteiger partial charge in [-0.1, -0.05) is 47.6 Å². The van der Waals surface area contributed by atoms with Crippen molar-refractivity contribution in [2.24, 2.45) is 23.2 Å². The molecule has 0 aliphatic heterocycles. The second-order valence-corrected chi connectivity index (χ2v) is 11.4. The summed E-state index contributed by atoms with van der Waals surface area (Å²) in [7, 11) is 0. The van der Waals surface area contributed by atoms with Crippen LogP contribution < -0.4 is 4.74 Å². The van der Waals surface area contributed by atoms with E-state index in [1.807, 2.05) is 53.7 Å². The predicted molar refractivity (Wildman–Crippen MR) is 149 cm³/mol. The lowest BCUT2D eigenvalue weighted by atomic mass is 9.71. The molecule has 0 saturated heterocycles. The monoisotopic (exact) mass is 478 g/mol. The number of benzene rings is 1. The van der Waals surface area contributed by atoms with E-state index in [0.717, 1.165) is 35.0 Å². The molecule has 3 saturated carbocycles. The molecule has 3 fully saturated rings. The number of phenolic OH excluding ortho intramolecular Hbond substituents is 1. The van der Waals surface area contributed by atoms with E-state index in [9.17, 15) is 5.11 Å². The first-order chi connectivity index (χ1) is 15.7. The van der Waals surface area contributed by atoms with Gasteiger partial charge < -0.3 is 9.84 Å². The molecule has 3 heteroatoms. The van der Waals surface area contributed by atoms with Crippen molar-refractivity contribution in [1.29, 1.82) is 0 Å². The Morgan fingerprint density at radius 2 is 1.30 bits per heavy atom. The van der Waals surface area contributed by atoms with Gasteiger partial charge in [0.15, 0.2) is 11.5 Å². The van der Waals surface area contributed by atoms with Gasteiger partial charge >= 0.3 is 0 Å². The van der Waals surface area contributed by atoms with E-state index in [-0.39, 0.29) is 0 Å². The molecule has 1 aromatic rings. The SMILES string of the molecule is CC.CC.CC1(C)CC1.Cc1ccc(OCC2CCC(C3CCC(S)CC3)CC2)c(O)c1C. The number of hydrogen-bond acceptors (Lipinski definition) is 3. The van der Waals surface area contributed by atoms with Gasteiger partial charge in [-0.3, -0.25) is 0 Å². The van der Waals surface area contributed by atoms with E-state index in [1.165, 1.54) is 64.2 Å². The largest absolute Gasteiger partial charge is 0.504 e. The summed E-state index contributed by atoms with van der Waals surface area (Å²) in [6.07, 6.45) is 13.6. The molecule has 0 unspecified atom stereocenters. The smallest absolute Gasteiger partial charge is 0.161 e. The highest BCUT2D eigenvalue weighted by molar-refractivity contribution is 7.80. The van der Waals surface area contributed by atoms with Crippen molar-refractivity contribution in [3.05, 3.63) is 23.3 Å². The summed E-state index contributed by atoms with van der Waals surface area (Å²) in [5, 5.41) is 10.9. The molecule has 0 spiro atoms. The molecule has 33 heavy (non-hydrogen) atoms. The lowest BCUT2D eigenvalue weighted by molar-refractivity contribution is 0.135. The topological polar surface area (TPSA) is 29.5 Å². The molecule has 3 aliphatic rings. The minimum atomic E-state index is 0.312. The Bertz CT molecular complexity index is 648. The van der Waals surface area contributed by atoms with Crippen molar-refractivity contribution in [2.45, 2.75) is 125 Å². The van der Waals surface area contributed by atoms with Gasteiger partial charge in [0.05, 0.1) is 6.61 Å². The zero-order valence-corrected chi connectivity index (χ0v) is 23.9. The Kier molecular flexibility index (Phi) is 13.9. The van der Waals surface area contributed by atoms with Crippen LogP contribution >= 0.6 is 12.6 Å². The van der Waals surface area contributed by atoms with Crippen molar-refractivity contribution in [1.82, 2.24) is 0 Å². The predicted octanol–water partition coefficient (Wildman–Crippen LogP) is 9.54. The summed E-state index contributed by atoms with van der Waals surface area (Å²) in [6, 6.07) is 3.93. The van der Waals surface area contributed by atoms with Gasteiger partial charge in [0.1, 0.15) is 0 Å². The first-order valence-electron chi connectivity index (χ1n) is 13.8. The number of rotatable bonds is 4. The molecule has 192 valence electrons. The Morgan fingerprint density at radius 3 is 1.76 bits per heavy atom. The van der Waals surface area contributed by atoms with Crippen molar-refractivity contribution in [2.75, 3.05) is 6.61 Å². The van der Waals surface area contributed by atoms with Crippen LogP contribution in [0.2, 0.25) is 0 Å². The molecule has 1 aromatic carbocycles. The molecular formula is C30H54O2S. The van der Waals surface area contributed by atoms with Crippen LogP contribution in [-0.4, -0.2) is 17.0 Å². The fourth-order valence-electron chi connectivity index (χ4n) is 4.75. The van der Waals surface area contributed by atoms with Gasteiger partial charge in [-0.05, 0) is 118 Å². The summed E-state index contributed by atoms with van der Waals surface area (Å²) in [4.78, 5) is 0. The normalized spacial score (nSPS) is 27.4. The van der Waals surface area contributed by atoms with Crippen LogP contribution in [0, 0.1) is 37.0 Å². The van der Waals surface area contributed by atoms with E-state index in [0.29, 0.717) is 22.7 Å². The minimum absolute atomic E-state index is 0.312. The first kappa shape index (κ1) is 30.2. The minimum Gasteiger partial charge on any atom is -0.504 e. The van der Waals surface area contributed by atoms with Gasteiger partial charge in [-0.25, -0.2) is 0 Å². The van der Waals surface area contributed by atoms with Crippen LogP contribution in [-0.2, 0) is 0 Å². The summed E-state index contributed by atoms with van der Waals surface area (Å²) < 4.78 is 5.95. The molecule has 4 rings (SSSR count). The number of aromatic hydroxyl groups is 1. The third-order valence-electron chi connectivity index (χ3n) is 7.69. The zero-order valence-electron chi connectivity index (χ0n) is 23.0. The third-order valence-corrected chi connectivity index (χ3v) is 8.21. The summed E-state index contributed by atoms with van der Waals surface area (Å²) in [5.74, 6) is 3.47. The molecule has 0 atom stereocenters. The van der Waals surface area contributed by atoms with Crippen LogP contribution in [0.25, 0.3) is 0 Å². The van der Waals surface area contributed by atoms with E-state index < -0.39 is 0 Å². The maximum Gasteiger partial charge on any atom is 0.161 e. The van der Waals surface area contributed by atoms with Crippen molar-refractivity contribution in [3.8, 4) is 11.5 Å². The third kappa shape index (κ3) is 10.5. The fraction of sp³-hybridized carbons (Fsp3) is 0.800. The average Bonchev–Trinajstić information content (AvgIpc) is 3.55. The summed E-state index contributed by atoms with van der Waals surface area (Å²) >= 11 is 4.63. The molecule has 2 nitrogen and oxygen atoms in total. The molecule has 1 N–H and O–H groups in total. The van der Waals surface area contributed by atoms with Gasteiger partial charge in [0, 0.05) is 5.25 Å². The average molecular weight is 479 g/mol. The number of aryl methyl sites for hydroxylation is 1. The fourth-order valence-corrected chi connectivity index (χ4v) is 5.05. The highest BCUT2D eigenvalue weighted by atomic mass is 32.1. The van der Waals surface area contributed by atoms with E-state index in [2.05, 4.69) is 26.5 Å². The molecule has 0 heterocycles. The van der Waals surface area contributed by atoms with Crippen LogP contribution in [0.1, 0.15) is 117 Å². The number of hydrogen-bond donors (Lipinski definition) is 2. The Labute approximate surface area is 211 Å². The van der Waals surface area contributed by atoms with Gasteiger partial charge in [0.25, 0.3) is 0 Å². The van der Waals surface area contributed by atoms with Crippen LogP contribution in [0.3, 0.4) is 0 Å². The van der Waals surface area contributed by atoms with Gasteiger partial charge in [-0.15, -0.1) is 0 Å². The molecule has 0 radical (unpaired) electrons. The van der Waals surface area contributed by atoms with Crippen molar-refractivity contribution < 1.29 is 9.84 Å². The standard InChI is InChI=1S/C21H32O2S.C5H10.2C2H6/c1-14-3-12-20(21(22)15(14)2)23-13-16-4-6-17(7-5-16)18-8-10-19(24)11-9-18;1-5(2)3-4-5;2*1-2/h3,12,16-19,22,24H,4-11,13H2,1-2H3;3-4H2,1-2H3;2*1-2H3.